The van der Waals surface area contributed by atoms with Crippen LogP contribution in [0, 0.1) is 23.0 Å². The van der Waals surface area contributed by atoms with Crippen LogP contribution in [0.25, 0.3) is 0 Å². The van der Waals surface area contributed by atoms with Crippen LogP contribution in [-0.4, -0.2) is 22.8 Å². The van der Waals surface area contributed by atoms with Gasteiger partial charge in [0.05, 0.1) is 22.0 Å². The molecule has 1 aliphatic heterocycles. The Labute approximate surface area is 144 Å². The smallest absolute Gasteiger partial charge is 0.269 e. The summed E-state index contributed by atoms with van der Waals surface area (Å²) in [4.78, 5) is 27.3. The number of nitro groups is 1. The van der Waals surface area contributed by atoms with Crippen LogP contribution >= 0.6 is 0 Å². The van der Waals surface area contributed by atoms with Crippen LogP contribution in [0.5, 0.6) is 0 Å². The summed E-state index contributed by atoms with van der Waals surface area (Å²) in [5.74, 6) is -0.721. The van der Waals surface area contributed by atoms with E-state index >= 15 is 0 Å². The molecule has 0 unspecified atom stereocenters. The van der Waals surface area contributed by atoms with E-state index in [1.807, 2.05) is 30.3 Å². The number of amides is 1. The summed E-state index contributed by atoms with van der Waals surface area (Å²) >= 11 is 0. The van der Waals surface area contributed by atoms with Gasteiger partial charge in [0.2, 0.25) is 0 Å². The van der Waals surface area contributed by atoms with Gasteiger partial charge in [0, 0.05) is 18.3 Å². The van der Waals surface area contributed by atoms with Gasteiger partial charge in [-0.25, -0.2) is 0 Å². The molecule has 7 heteroatoms. The molecule has 7 nitrogen and oxygen atoms in total. The third-order valence-corrected chi connectivity index (χ3v) is 3.94. The lowest BCUT2D eigenvalue weighted by Crippen LogP contribution is -2.27. The van der Waals surface area contributed by atoms with Crippen molar-refractivity contribution in [3.05, 3.63) is 64.2 Å². The largest absolute Gasteiger partial charge is 0.271 e. The van der Waals surface area contributed by atoms with E-state index in [1.165, 1.54) is 23.4 Å². The summed E-state index contributed by atoms with van der Waals surface area (Å²) in [6.45, 7) is 3.52. The normalized spacial score (nSPS) is 17.2. The van der Waals surface area contributed by atoms with Crippen molar-refractivity contribution in [3.8, 4) is 0 Å². The molecular formula is C18H16N4O3. The molecule has 0 spiro atoms. The first-order chi connectivity index (χ1) is 12.0. The van der Waals surface area contributed by atoms with Crippen LogP contribution in [0.1, 0.15) is 12.5 Å². The lowest BCUT2D eigenvalue weighted by molar-refractivity contribution is -0.384. The number of rotatable bonds is 4. The lowest BCUT2D eigenvalue weighted by atomic mass is 10.1. The fraction of sp³-hybridized carbons (Fsp3) is 0.167. The maximum absolute atomic E-state index is 12.6. The second kappa shape index (κ2) is 6.64. The zero-order chi connectivity index (χ0) is 18.0. The predicted molar refractivity (Wildman–Crippen MR) is 96.5 cm³/mol. The average molecular weight is 336 g/mol. The molecule has 0 saturated carbocycles. The average Bonchev–Trinajstić information content (AvgIpc) is 2.89. The molecule has 2 aromatic rings. The van der Waals surface area contributed by atoms with Crippen molar-refractivity contribution in [3.63, 3.8) is 0 Å². The molecule has 0 aliphatic carbocycles. The fourth-order valence-electron chi connectivity index (χ4n) is 2.56. The molecule has 0 N–H and O–H groups in total. The van der Waals surface area contributed by atoms with Crippen molar-refractivity contribution in [2.75, 3.05) is 5.01 Å². The number of nitro benzene ring substituents is 1. The predicted octanol–water partition coefficient (Wildman–Crippen LogP) is 3.64. The number of carbonyl (C=O) groups is 1. The van der Waals surface area contributed by atoms with Gasteiger partial charge >= 0.3 is 0 Å². The van der Waals surface area contributed by atoms with Crippen molar-refractivity contribution in [2.45, 2.75) is 13.8 Å². The standard InChI is InChI=1S/C18H16N4O3/c1-12-10-15(22(24)25)8-9-17(12)19-11-16-13(2)20-21(18(16)23)14-6-4-3-5-7-14/h3-11,16H,1-2H3/t16-/m0/s1. The quantitative estimate of drug-likeness (QED) is 0.485. The summed E-state index contributed by atoms with van der Waals surface area (Å²) in [5, 5.41) is 16.5. The topological polar surface area (TPSA) is 88.2 Å². The number of aliphatic imine (C=N–C) groups is 1. The monoisotopic (exact) mass is 336 g/mol. The third-order valence-electron chi connectivity index (χ3n) is 3.94. The first-order valence-electron chi connectivity index (χ1n) is 7.70. The molecule has 0 radical (unpaired) electrons. The van der Waals surface area contributed by atoms with Gasteiger partial charge in [0.1, 0.15) is 5.92 Å². The molecule has 25 heavy (non-hydrogen) atoms. The Hall–Kier alpha value is -3.35. The summed E-state index contributed by atoms with van der Waals surface area (Å²) < 4.78 is 0. The van der Waals surface area contributed by atoms with Crippen LogP contribution in [0.2, 0.25) is 0 Å². The van der Waals surface area contributed by atoms with E-state index in [-0.39, 0.29) is 11.6 Å². The minimum absolute atomic E-state index is 0.0152. The summed E-state index contributed by atoms with van der Waals surface area (Å²) in [7, 11) is 0. The van der Waals surface area contributed by atoms with E-state index < -0.39 is 10.8 Å². The Balaban J connectivity index is 1.82. The Kier molecular flexibility index (Phi) is 4.38. The summed E-state index contributed by atoms with van der Waals surface area (Å²) in [6.07, 6.45) is 1.54. The van der Waals surface area contributed by atoms with E-state index in [4.69, 9.17) is 0 Å². The highest BCUT2D eigenvalue weighted by Crippen LogP contribution is 2.26. The van der Waals surface area contributed by atoms with Crippen LogP contribution < -0.4 is 5.01 Å². The number of carbonyl (C=O) groups excluding carboxylic acids is 1. The van der Waals surface area contributed by atoms with Crippen molar-refractivity contribution in [1.82, 2.24) is 0 Å². The van der Waals surface area contributed by atoms with Crippen LogP contribution in [-0.2, 0) is 4.79 Å². The van der Waals surface area contributed by atoms with Crippen molar-refractivity contribution in [2.24, 2.45) is 16.0 Å². The second-order valence-electron chi connectivity index (χ2n) is 5.71. The van der Waals surface area contributed by atoms with Gasteiger partial charge in [-0.2, -0.15) is 10.1 Å². The van der Waals surface area contributed by atoms with Crippen molar-refractivity contribution >= 4 is 34.9 Å². The molecule has 0 fully saturated rings. The first-order valence-corrected chi connectivity index (χ1v) is 7.70. The zero-order valence-corrected chi connectivity index (χ0v) is 13.8. The van der Waals surface area contributed by atoms with Gasteiger partial charge in [-0.3, -0.25) is 19.9 Å². The zero-order valence-electron chi connectivity index (χ0n) is 13.8. The molecule has 3 rings (SSSR count). The number of benzene rings is 2. The molecule has 0 saturated heterocycles. The number of non-ortho nitro benzene ring substituents is 1. The van der Waals surface area contributed by atoms with Crippen molar-refractivity contribution < 1.29 is 9.72 Å². The van der Waals surface area contributed by atoms with Gasteiger partial charge in [0.25, 0.3) is 11.6 Å². The lowest BCUT2D eigenvalue weighted by Gasteiger charge is -2.12. The minimum Gasteiger partial charge on any atom is -0.271 e. The number of hydrazone groups is 1. The van der Waals surface area contributed by atoms with Crippen LogP contribution in [0.15, 0.2) is 58.6 Å². The highest BCUT2D eigenvalue weighted by Gasteiger charge is 2.33. The molecule has 1 atom stereocenters. The van der Waals surface area contributed by atoms with Gasteiger partial charge in [-0.15, -0.1) is 0 Å². The molecule has 0 bridgehead atoms. The Morgan fingerprint density at radius 3 is 2.56 bits per heavy atom. The van der Waals surface area contributed by atoms with E-state index in [0.717, 1.165) is 0 Å². The van der Waals surface area contributed by atoms with Crippen LogP contribution in [0.3, 0.4) is 0 Å². The van der Waals surface area contributed by atoms with E-state index in [2.05, 4.69) is 10.1 Å². The highest BCUT2D eigenvalue weighted by molar-refractivity contribution is 6.23. The van der Waals surface area contributed by atoms with E-state index in [9.17, 15) is 14.9 Å². The maximum atomic E-state index is 12.6. The molecule has 1 heterocycles. The number of hydrogen-bond acceptors (Lipinski definition) is 5. The maximum Gasteiger partial charge on any atom is 0.269 e. The SMILES string of the molecule is CC1=NN(c2ccccc2)C(=O)[C@H]1C=Nc1ccc([N+](=O)[O-])cc1C. The number of nitrogens with zero attached hydrogens (tertiary/aromatic N) is 4. The second-order valence-corrected chi connectivity index (χ2v) is 5.71. The van der Waals surface area contributed by atoms with E-state index in [1.54, 1.807) is 19.9 Å². The van der Waals surface area contributed by atoms with Gasteiger partial charge in [0.15, 0.2) is 0 Å². The Morgan fingerprint density at radius 2 is 1.92 bits per heavy atom. The molecule has 0 aromatic heterocycles. The molecule has 1 amide bonds. The molecular weight excluding hydrogens is 320 g/mol. The number of para-hydroxylation sites is 1. The number of anilines is 1. The number of hydrogen-bond donors (Lipinski definition) is 0. The summed E-state index contributed by atoms with van der Waals surface area (Å²) in [6, 6.07) is 13.6. The summed E-state index contributed by atoms with van der Waals surface area (Å²) in [5.41, 5.74) is 2.63. The molecule has 126 valence electrons. The molecule has 2 aromatic carbocycles. The van der Waals surface area contributed by atoms with E-state index in [0.29, 0.717) is 22.6 Å². The Bertz CT molecular complexity index is 890. The fourth-order valence-corrected chi connectivity index (χ4v) is 2.56. The number of aryl methyl sites for hydroxylation is 1. The van der Waals surface area contributed by atoms with Gasteiger partial charge in [-0.05, 0) is 37.6 Å². The van der Waals surface area contributed by atoms with Crippen LogP contribution in [0.4, 0.5) is 17.1 Å². The highest BCUT2D eigenvalue weighted by atomic mass is 16.6. The molecule has 1 aliphatic rings. The third kappa shape index (κ3) is 3.30. The minimum atomic E-state index is -0.546. The first kappa shape index (κ1) is 16.5. The Morgan fingerprint density at radius 1 is 1.20 bits per heavy atom. The van der Waals surface area contributed by atoms with Gasteiger partial charge in [-0.1, -0.05) is 18.2 Å². The van der Waals surface area contributed by atoms with Gasteiger partial charge < -0.3 is 0 Å². The van der Waals surface area contributed by atoms with Crippen molar-refractivity contribution in [1.29, 1.82) is 0 Å².